The number of hydrogen-bond donors (Lipinski definition) is 1. The van der Waals surface area contributed by atoms with Crippen LogP contribution < -0.4 is 0 Å². The van der Waals surface area contributed by atoms with E-state index in [2.05, 4.69) is 64.2 Å². The van der Waals surface area contributed by atoms with Gasteiger partial charge in [0.1, 0.15) is 5.75 Å². The van der Waals surface area contributed by atoms with E-state index in [1.807, 2.05) is 18.2 Å². The largest absolute Gasteiger partial charge is 0.507 e. The van der Waals surface area contributed by atoms with Crippen molar-refractivity contribution >= 4 is 22.1 Å². The summed E-state index contributed by atoms with van der Waals surface area (Å²) in [6.45, 7) is 0.688. The second kappa shape index (κ2) is 8.11. The lowest BCUT2D eigenvalue weighted by Gasteiger charge is -2.22. The molecule has 0 saturated carbocycles. The average molecular weight is 361 g/mol. The second-order valence-corrected chi connectivity index (χ2v) is 6.42. The van der Waals surface area contributed by atoms with Gasteiger partial charge in [0.2, 0.25) is 0 Å². The predicted octanol–water partition coefficient (Wildman–Crippen LogP) is 3.75. The van der Waals surface area contributed by atoms with E-state index in [4.69, 9.17) is 0 Å². The van der Waals surface area contributed by atoms with E-state index in [9.17, 15) is 5.11 Å². The third-order valence-corrected chi connectivity index (χ3v) is 4.07. The molecule has 0 saturated heterocycles. The molecule has 1 N–H and O–H groups in total. The van der Waals surface area contributed by atoms with Crippen LogP contribution in [0, 0.1) is 0 Å². The van der Waals surface area contributed by atoms with Gasteiger partial charge in [-0.25, -0.2) is 0 Å². The van der Waals surface area contributed by atoms with Crippen LogP contribution in [0.15, 0.2) is 58.0 Å². The third kappa shape index (κ3) is 4.97. The first-order valence-corrected chi connectivity index (χ1v) is 8.04. The maximum Gasteiger partial charge on any atom is 0.124 e. The molecule has 0 radical (unpaired) electrons. The number of likely N-dealkylation sites (N-methyl/N-ethyl adjacent to an activating group) is 1. The van der Waals surface area contributed by atoms with Crippen molar-refractivity contribution in [2.75, 3.05) is 20.6 Å². The molecule has 22 heavy (non-hydrogen) atoms. The molecule has 2 rings (SSSR count). The Labute approximate surface area is 140 Å². The molecule has 0 heterocycles. The third-order valence-electron chi connectivity index (χ3n) is 3.58. The Hall–Kier alpha value is -1.65. The molecule has 2 aromatic carbocycles. The summed E-state index contributed by atoms with van der Waals surface area (Å²) in [5, 5.41) is 9.82. The van der Waals surface area contributed by atoms with Crippen LogP contribution in [0.5, 0.6) is 5.75 Å². The Bertz CT molecular complexity index is 626. The smallest absolute Gasteiger partial charge is 0.124 e. The highest BCUT2D eigenvalue weighted by Gasteiger charge is 2.11. The van der Waals surface area contributed by atoms with Crippen LogP contribution in [0.2, 0.25) is 0 Å². The van der Waals surface area contributed by atoms with Gasteiger partial charge in [-0.15, -0.1) is 0 Å². The van der Waals surface area contributed by atoms with Gasteiger partial charge >= 0.3 is 0 Å². The summed E-state index contributed by atoms with van der Waals surface area (Å²) in [6.07, 6.45) is 2.69. The first kappa shape index (κ1) is 16.7. The molecule has 4 heteroatoms. The first-order valence-electron chi connectivity index (χ1n) is 7.25. The van der Waals surface area contributed by atoms with Crippen molar-refractivity contribution in [1.82, 2.24) is 4.90 Å². The number of aromatic hydroxyl groups is 1. The van der Waals surface area contributed by atoms with E-state index in [1.165, 1.54) is 5.56 Å². The van der Waals surface area contributed by atoms with Crippen LogP contribution in [0.4, 0.5) is 0 Å². The minimum Gasteiger partial charge on any atom is -0.507 e. The molecule has 0 spiro atoms. The fourth-order valence-corrected chi connectivity index (χ4v) is 2.58. The van der Waals surface area contributed by atoms with Crippen molar-refractivity contribution in [2.45, 2.75) is 12.5 Å². The number of aliphatic imine (C=N–C) groups is 1. The molecule has 0 aromatic heterocycles. The maximum atomic E-state index is 9.82. The van der Waals surface area contributed by atoms with Gasteiger partial charge in [-0.2, -0.15) is 0 Å². The standard InChI is InChI=1S/C18H21BrN2O/c1-21(2)17(10-14-6-4-3-5-7-14)13-20-12-15-11-16(19)8-9-18(15)22/h3-9,11-12,17,22H,10,13H2,1-2H3/t17-/m0/s1. The molecule has 0 aliphatic rings. The van der Waals surface area contributed by atoms with Crippen LogP contribution in [-0.4, -0.2) is 42.9 Å². The van der Waals surface area contributed by atoms with E-state index in [-0.39, 0.29) is 5.75 Å². The molecular formula is C18H21BrN2O. The maximum absolute atomic E-state index is 9.82. The van der Waals surface area contributed by atoms with E-state index < -0.39 is 0 Å². The quantitative estimate of drug-likeness (QED) is 0.796. The lowest BCUT2D eigenvalue weighted by molar-refractivity contribution is 0.298. The summed E-state index contributed by atoms with van der Waals surface area (Å²) in [6, 6.07) is 16.1. The van der Waals surface area contributed by atoms with Crippen LogP contribution in [0.3, 0.4) is 0 Å². The molecule has 0 aliphatic heterocycles. The van der Waals surface area contributed by atoms with Crippen molar-refractivity contribution < 1.29 is 5.11 Å². The molecular weight excluding hydrogens is 340 g/mol. The zero-order chi connectivity index (χ0) is 15.9. The minimum atomic E-state index is 0.247. The van der Waals surface area contributed by atoms with Crippen molar-refractivity contribution in [1.29, 1.82) is 0 Å². The molecule has 3 nitrogen and oxygen atoms in total. The minimum absolute atomic E-state index is 0.247. The van der Waals surface area contributed by atoms with Crippen LogP contribution >= 0.6 is 15.9 Å². The van der Waals surface area contributed by atoms with Gasteiger partial charge in [0, 0.05) is 22.3 Å². The number of phenolic OH excluding ortho intramolecular Hbond substituents is 1. The summed E-state index contributed by atoms with van der Waals surface area (Å²) in [5.41, 5.74) is 2.04. The van der Waals surface area contributed by atoms with E-state index in [1.54, 1.807) is 12.3 Å². The Kier molecular flexibility index (Phi) is 6.16. The highest BCUT2D eigenvalue weighted by atomic mass is 79.9. The Morgan fingerprint density at radius 3 is 2.59 bits per heavy atom. The molecule has 116 valence electrons. The Balaban J connectivity index is 2.02. The molecule has 2 aromatic rings. The average Bonchev–Trinajstić information content (AvgIpc) is 2.50. The molecule has 0 aliphatic carbocycles. The SMILES string of the molecule is CN(C)[C@H](CN=Cc1cc(Br)ccc1O)Cc1ccccc1. The first-order chi connectivity index (χ1) is 10.6. The van der Waals surface area contributed by atoms with Gasteiger partial charge in [-0.05, 0) is 44.3 Å². The fraction of sp³-hybridized carbons (Fsp3) is 0.278. The van der Waals surface area contributed by atoms with Crippen molar-refractivity contribution in [3.8, 4) is 5.75 Å². The Morgan fingerprint density at radius 1 is 1.18 bits per heavy atom. The van der Waals surface area contributed by atoms with E-state index in [0.717, 1.165) is 16.5 Å². The van der Waals surface area contributed by atoms with Crippen LogP contribution in [-0.2, 0) is 6.42 Å². The van der Waals surface area contributed by atoms with Crippen LogP contribution in [0.25, 0.3) is 0 Å². The molecule has 0 amide bonds. The lowest BCUT2D eigenvalue weighted by atomic mass is 10.1. The number of hydrogen-bond acceptors (Lipinski definition) is 3. The Morgan fingerprint density at radius 2 is 1.91 bits per heavy atom. The number of nitrogens with zero attached hydrogens (tertiary/aromatic N) is 2. The topological polar surface area (TPSA) is 35.8 Å². The van der Waals surface area contributed by atoms with Crippen LogP contribution in [0.1, 0.15) is 11.1 Å². The van der Waals surface area contributed by atoms with Gasteiger partial charge in [-0.3, -0.25) is 4.99 Å². The van der Waals surface area contributed by atoms with Gasteiger partial charge in [0.15, 0.2) is 0 Å². The molecule has 1 atom stereocenters. The zero-order valence-corrected chi connectivity index (χ0v) is 14.5. The molecule has 0 fully saturated rings. The van der Waals surface area contributed by atoms with Crippen molar-refractivity contribution in [2.24, 2.45) is 4.99 Å². The summed E-state index contributed by atoms with van der Waals surface area (Å²) >= 11 is 3.40. The zero-order valence-electron chi connectivity index (χ0n) is 12.9. The van der Waals surface area contributed by atoms with Gasteiger partial charge < -0.3 is 10.0 Å². The number of rotatable bonds is 6. The molecule has 0 bridgehead atoms. The summed E-state index contributed by atoms with van der Waals surface area (Å²) in [5.74, 6) is 0.247. The summed E-state index contributed by atoms with van der Waals surface area (Å²) in [7, 11) is 4.14. The number of benzene rings is 2. The summed E-state index contributed by atoms with van der Waals surface area (Å²) < 4.78 is 0.931. The lowest BCUT2D eigenvalue weighted by Crippen LogP contribution is -2.32. The van der Waals surface area contributed by atoms with E-state index >= 15 is 0 Å². The van der Waals surface area contributed by atoms with E-state index in [0.29, 0.717) is 12.6 Å². The normalized spacial score (nSPS) is 12.9. The highest BCUT2D eigenvalue weighted by molar-refractivity contribution is 9.10. The monoisotopic (exact) mass is 360 g/mol. The molecule has 0 unspecified atom stereocenters. The number of phenols is 1. The van der Waals surface area contributed by atoms with Crippen molar-refractivity contribution in [3.63, 3.8) is 0 Å². The predicted molar refractivity (Wildman–Crippen MR) is 95.9 cm³/mol. The second-order valence-electron chi connectivity index (χ2n) is 5.50. The highest BCUT2D eigenvalue weighted by Crippen LogP contribution is 2.20. The summed E-state index contributed by atoms with van der Waals surface area (Å²) in [4.78, 5) is 6.70. The van der Waals surface area contributed by atoms with Gasteiger partial charge in [0.25, 0.3) is 0 Å². The number of halogens is 1. The van der Waals surface area contributed by atoms with Gasteiger partial charge in [-0.1, -0.05) is 46.3 Å². The van der Waals surface area contributed by atoms with Crippen molar-refractivity contribution in [3.05, 3.63) is 64.1 Å². The fourth-order valence-electron chi connectivity index (χ4n) is 2.20. The van der Waals surface area contributed by atoms with Gasteiger partial charge in [0.05, 0.1) is 6.54 Å².